The second kappa shape index (κ2) is 5.55. The first-order valence-electron chi connectivity index (χ1n) is 9.04. The predicted molar refractivity (Wildman–Crippen MR) is 91.4 cm³/mol. The molecule has 2 N–H and O–H groups in total. The quantitative estimate of drug-likeness (QED) is 0.599. The molecule has 0 aliphatic heterocycles. The van der Waals surface area contributed by atoms with E-state index >= 15 is 0 Å². The maximum absolute atomic E-state index is 13.0. The number of Topliss-reactive ketones (excluding diaryl/α,β-unsaturated/α-hetero) is 2. The molecule has 0 aromatic carbocycles. The molecule has 132 valence electrons. The van der Waals surface area contributed by atoms with Gasteiger partial charge in [-0.1, -0.05) is 34.1 Å². The molecule has 0 amide bonds. The Morgan fingerprint density at radius 1 is 1.17 bits per heavy atom. The van der Waals surface area contributed by atoms with Crippen molar-refractivity contribution in [2.24, 2.45) is 22.7 Å². The lowest BCUT2D eigenvalue weighted by atomic mass is 9.48. The monoisotopic (exact) mass is 332 g/mol. The molecule has 0 aromatic rings. The van der Waals surface area contributed by atoms with Crippen molar-refractivity contribution in [3.05, 3.63) is 22.5 Å². The van der Waals surface area contributed by atoms with Crippen LogP contribution in [-0.4, -0.2) is 28.4 Å². The summed E-state index contributed by atoms with van der Waals surface area (Å²) in [5.41, 5.74) is 0.815. The SMILES string of the molecule is CC(C)C1=C(O)C2=C(C(=O)C1=O)C1(C)CCCC(C)(CO)C1CC2. The third-order valence-corrected chi connectivity index (χ3v) is 6.77. The van der Waals surface area contributed by atoms with Crippen LogP contribution in [0, 0.1) is 22.7 Å². The molecule has 24 heavy (non-hydrogen) atoms. The Hall–Kier alpha value is -1.42. The summed E-state index contributed by atoms with van der Waals surface area (Å²) in [4.78, 5) is 25.6. The number of ketones is 2. The number of carbonyl (C=O) groups is 2. The van der Waals surface area contributed by atoms with Gasteiger partial charge in [-0.05, 0) is 42.9 Å². The van der Waals surface area contributed by atoms with Gasteiger partial charge in [-0.25, -0.2) is 0 Å². The summed E-state index contributed by atoms with van der Waals surface area (Å²) < 4.78 is 0. The van der Waals surface area contributed by atoms with Crippen molar-refractivity contribution in [1.82, 2.24) is 0 Å². The number of aliphatic hydroxyl groups excluding tert-OH is 2. The van der Waals surface area contributed by atoms with Gasteiger partial charge >= 0.3 is 0 Å². The first-order valence-corrected chi connectivity index (χ1v) is 9.04. The fourth-order valence-corrected chi connectivity index (χ4v) is 5.57. The Balaban J connectivity index is 2.20. The van der Waals surface area contributed by atoms with Crippen molar-refractivity contribution < 1.29 is 19.8 Å². The third kappa shape index (κ3) is 2.15. The van der Waals surface area contributed by atoms with Crippen LogP contribution in [0.25, 0.3) is 0 Å². The summed E-state index contributed by atoms with van der Waals surface area (Å²) >= 11 is 0. The number of rotatable bonds is 2. The molecular formula is C20H28O4. The van der Waals surface area contributed by atoms with Gasteiger partial charge in [0.2, 0.25) is 11.6 Å². The summed E-state index contributed by atoms with van der Waals surface area (Å²) in [6.45, 7) is 7.90. The number of aliphatic hydroxyl groups is 2. The summed E-state index contributed by atoms with van der Waals surface area (Å²) in [6.07, 6.45) is 4.13. The molecule has 0 bridgehead atoms. The van der Waals surface area contributed by atoms with Crippen molar-refractivity contribution in [1.29, 1.82) is 0 Å². The molecule has 0 heterocycles. The molecule has 3 unspecified atom stereocenters. The summed E-state index contributed by atoms with van der Waals surface area (Å²) in [5.74, 6) is -0.941. The van der Waals surface area contributed by atoms with Gasteiger partial charge in [0.05, 0.1) is 0 Å². The molecule has 4 heteroatoms. The van der Waals surface area contributed by atoms with Gasteiger partial charge in [-0.2, -0.15) is 0 Å². The van der Waals surface area contributed by atoms with Gasteiger partial charge in [0.15, 0.2) is 0 Å². The van der Waals surface area contributed by atoms with Crippen molar-refractivity contribution in [2.75, 3.05) is 6.61 Å². The van der Waals surface area contributed by atoms with E-state index in [1.807, 2.05) is 13.8 Å². The van der Waals surface area contributed by atoms with E-state index in [1.165, 1.54) is 0 Å². The second-order valence-corrected chi connectivity index (χ2v) is 8.60. The molecule has 3 atom stereocenters. The van der Waals surface area contributed by atoms with Crippen LogP contribution in [0.2, 0.25) is 0 Å². The molecular weight excluding hydrogens is 304 g/mol. The van der Waals surface area contributed by atoms with Gasteiger partial charge in [0.1, 0.15) is 5.76 Å². The normalized spacial score (nSPS) is 37.0. The third-order valence-electron chi connectivity index (χ3n) is 6.77. The first kappa shape index (κ1) is 17.4. The van der Waals surface area contributed by atoms with Crippen LogP contribution in [0.1, 0.15) is 59.8 Å². The highest BCUT2D eigenvalue weighted by Crippen LogP contribution is 2.61. The van der Waals surface area contributed by atoms with Crippen LogP contribution >= 0.6 is 0 Å². The van der Waals surface area contributed by atoms with Crippen LogP contribution in [0.5, 0.6) is 0 Å². The van der Waals surface area contributed by atoms with E-state index in [2.05, 4.69) is 13.8 Å². The Morgan fingerprint density at radius 2 is 1.83 bits per heavy atom. The predicted octanol–water partition coefficient (Wildman–Crippen LogP) is 3.50. The van der Waals surface area contributed by atoms with Crippen molar-refractivity contribution >= 4 is 11.6 Å². The fourth-order valence-electron chi connectivity index (χ4n) is 5.57. The maximum Gasteiger partial charge on any atom is 0.233 e. The highest BCUT2D eigenvalue weighted by molar-refractivity contribution is 6.50. The van der Waals surface area contributed by atoms with E-state index in [-0.39, 0.29) is 35.2 Å². The average Bonchev–Trinajstić information content (AvgIpc) is 2.51. The molecule has 0 spiro atoms. The van der Waals surface area contributed by atoms with Crippen LogP contribution in [0.3, 0.4) is 0 Å². The zero-order chi connectivity index (χ0) is 17.9. The molecule has 1 fully saturated rings. The van der Waals surface area contributed by atoms with Crippen molar-refractivity contribution in [3.63, 3.8) is 0 Å². The number of hydrogen-bond donors (Lipinski definition) is 2. The number of fused-ring (bicyclic) bond motifs is 2. The van der Waals surface area contributed by atoms with Gasteiger partial charge in [-0.3, -0.25) is 9.59 Å². The standard InChI is InChI=1S/C20H28O4/c1-11(2)14-16(22)12-6-7-13-19(3,10-21)8-5-9-20(13,4)15(12)18(24)17(14)23/h11,13,21-22H,5-10H2,1-4H3. The van der Waals surface area contributed by atoms with E-state index in [0.717, 1.165) is 25.7 Å². The average molecular weight is 332 g/mol. The first-order chi connectivity index (χ1) is 11.2. The highest BCUT2D eigenvalue weighted by Gasteiger charge is 2.56. The maximum atomic E-state index is 13.0. The van der Waals surface area contributed by atoms with Crippen LogP contribution < -0.4 is 0 Å². The number of carbonyl (C=O) groups excluding carboxylic acids is 2. The van der Waals surface area contributed by atoms with Gasteiger partial charge in [0.25, 0.3) is 0 Å². The van der Waals surface area contributed by atoms with Crippen molar-refractivity contribution in [2.45, 2.75) is 59.8 Å². The number of hydrogen-bond acceptors (Lipinski definition) is 4. The van der Waals surface area contributed by atoms with E-state index in [4.69, 9.17) is 0 Å². The Bertz CT molecular complexity index is 669. The van der Waals surface area contributed by atoms with E-state index in [0.29, 0.717) is 17.6 Å². The van der Waals surface area contributed by atoms with Gasteiger partial charge < -0.3 is 10.2 Å². The largest absolute Gasteiger partial charge is 0.507 e. The fraction of sp³-hybridized carbons (Fsp3) is 0.700. The minimum atomic E-state index is -0.542. The Morgan fingerprint density at radius 3 is 2.42 bits per heavy atom. The lowest BCUT2D eigenvalue weighted by molar-refractivity contribution is -0.135. The van der Waals surface area contributed by atoms with E-state index in [1.54, 1.807) is 0 Å². The number of allylic oxidation sites excluding steroid dienone is 3. The minimum Gasteiger partial charge on any atom is -0.507 e. The molecule has 3 aliphatic rings. The molecule has 0 radical (unpaired) electrons. The van der Waals surface area contributed by atoms with Crippen LogP contribution in [-0.2, 0) is 9.59 Å². The van der Waals surface area contributed by atoms with Gasteiger partial charge in [-0.15, -0.1) is 0 Å². The van der Waals surface area contributed by atoms with Gasteiger partial charge in [0, 0.05) is 28.7 Å². The van der Waals surface area contributed by atoms with Crippen molar-refractivity contribution in [3.8, 4) is 0 Å². The second-order valence-electron chi connectivity index (χ2n) is 8.60. The molecule has 3 rings (SSSR count). The molecule has 3 aliphatic carbocycles. The van der Waals surface area contributed by atoms with E-state index < -0.39 is 17.0 Å². The zero-order valence-electron chi connectivity index (χ0n) is 15.1. The van der Waals surface area contributed by atoms with Crippen LogP contribution in [0.15, 0.2) is 22.5 Å². The zero-order valence-corrected chi connectivity index (χ0v) is 15.1. The Labute approximate surface area is 143 Å². The smallest absolute Gasteiger partial charge is 0.233 e. The molecule has 0 aromatic heterocycles. The molecule has 1 saturated carbocycles. The summed E-state index contributed by atoms with van der Waals surface area (Å²) in [6, 6.07) is 0. The minimum absolute atomic E-state index is 0.0422. The highest BCUT2D eigenvalue weighted by atomic mass is 16.3. The molecule has 4 nitrogen and oxygen atoms in total. The van der Waals surface area contributed by atoms with E-state index in [9.17, 15) is 19.8 Å². The van der Waals surface area contributed by atoms with Crippen LogP contribution in [0.4, 0.5) is 0 Å². The lowest BCUT2D eigenvalue weighted by Crippen LogP contribution is -2.51. The summed E-state index contributed by atoms with van der Waals surface area (Å²) in [7, 11) is 0. The summed E-state index contributed by atoms with van der Waals surface area (Å²) in [5, 5.41) is 20.7. The Kier molecular flexibility index (Phi) is 4.03. The lowest BCUT2D eigenvalue weighted by Gasteiger charge is -2.55. The topological polar surface area (TPSA) is 74.6 Å². The molecule has 0 saturated heterocycles.